The average molecular weight is 288 g/mol. The van der Waals surface area contributed by atoms with Crippen LogP contribution >= 0.6 is 0 Å². The lowest BCUT2D eigenvalue weighted by Gasteiger charge is -2.27. The summed E-state index contributed by atoms with van der Waals surface area (Å²) in [6.07, 6.45) is 4.53. The van der Waals surface area contributed by atoms with Crippen LogP contribution in [0.3, 0.4) is 0 Å². The Morgan fingerprint density at radius 2 is 2.21 bits per heavy atom. The Kier molecular flexibility index (Phi) is 4.12. The van der Waals surface area contributed by atoms with Crippen LogP contribution in [-0.4, -0.2) is 35.7 Å². The van der Waals surface area contributed by atoms with E-state index in [2.05, 4.69) is 9.71 Å². The molecule has 1 aliphatic carbocycles. The number of hydrogen-bond donors (Lipinski definition) is 3. The molecule has 1 saturated carbocycles. The fourth-order valence-electron chi connectivity index (χ4n) is 2.48. The molecule has 2 unspecified atom stereocenters. The Labute approximate surface area is 112 Å². The van der Waals surface area contributed by atoms with Crippen LogP contribution in [0.2, 0.25) is 0 Å². The maximum Gasteiger partial charge on any atom is 0.260 e. The molecule has 2 atom stereocenters. The number of nitrogens with one attached hydrogen (secondary N) is 1. The van der Waals surface area contributed by atoms with Crippen LogP contribution in [-0.2, 0) is 17.1 Å². The van der Waals surface area contributed by atoms with Crippen molar-refractivity contribution < 1.29 is 13.5 Å². The van der Waals surface area contributed by atoms with Gasteiger partial charge >= 0.3 is 0 Å². The zero-order valence-corrected chi connectivity index (χ0v) is 11.7. The topological polar surface area (TPSA) is 110 Å². The minimum atomic E-state index is -3.69. The van der Waals surface area contributed by atoms with Crippen molar-refractivity contribution in [2.75, 3.05) is 12.3 Å². The summed E-state index contributed by atoms with van der Waals surface area (Å²) in [6, 6.07) is 0. The van der Waals surface area contributed by atoms with Crippen molar-refractivity contribution in [3.63, 3.8) is 0 Å². The molecule has 1 aliphatic rings. The van der Waals surface area contributed by atoms with Gasteiger partial charge in [-0.25, -0.2) is 18.1 Å². The van der Waals surface area contributed by atoms with Gasteiger partial charge in [0.1, 0.15) is 0 Å². The first-order valence-corrected chi connectivity index (χ1v) is 7.84. The van der Waals surface area contributed by atoms with Crippen LogP contribution < -0.4 is 10.5 Å². The molecular weight excluding hydrogens is 268 g/mol. The van der Waals surface area contributed by atoms with E-state index >= 15 is 0 Å². The van der Waals surface area contributed by atoms with Gasteiger partial charge in [-0.2, -0.15) is 0 Å². The molecule has 0 spiro atoms. The van der Waals surface area contributed by atoms with Crippen molar-refractivity contribution in [1.82, 2.24) is 14.3 Å². The summed E-state index contributed by atoms with van der Waals surface area (Å²) in [5.41, 5.74) is 5.56. The van der Waals surface area contributed by atoms with Gasteiger partial charge in [0.15, 0.2) is 10.8 Å². The molecule has 2 rings (SSSR count). The lowest BCUT2D eigenvalue weighted by molar-refractivity contribution is 0.0724. The summed E-state index contributed by atoms with van der Waals surface area (Å²) >= 11 is 0. The van der Waals surface area contributed by atoms with Crippen molar-refractivity contribution in [3.05, 3.63) is 6.33 Å². The molecule has 19 heavy (non-hydrogen) atoms. The number of aryl methyl sites for hydroxylation is 1. The third kappa shape index (κ3) is 3.07. The van der Waals surface area contributed by atoms with Crippen LogP contribution in [0.25, 0.3) is 0 Å². The number of rotatable bonds is 4. The fourth-order valence-corrected chi connectivity index (χ4v) is 3.80. The zero-order chi connectivity index (χ0) is 14.0. The van der Waals surface area contributed by atoms with Gasteiger partial charge in [-0.1, -0.05) is 12.8 Å². The van der Waals surface area contributed by atoms with Crippen LogP contribution in [0.15, 0.2) is 11.4 Å². The highest BCUT2D eigenvalue weighted by atomic mass is 32.2. The second-order valence-corrected chi connectivity index (χ2v) is 6.69. The maximum absolute atomic E-state index is 12.2. The van der Waals surface area contributed by atoms with Gasteiger partial charge in [-0.05, 0) is 18.8 Å². The molecule has 108 valence electrons. The van der Waals surface area contributed by atoms with Crippen LogP contribution in [0.1, 0.15) is 25.7 Å². The molecular formula is C11H20N4O3S. The van der Waals surface area contributed by atoms with E-state index in [0.717, 1.165) is 25.7 Å². The molecule has 1 fully saturated rings. The quantitative estimate of drug-likeness (QED) is 0.712. The molecule has 0 bridgehead atoms. The van der Waals surface area contributed by atoms with Crippen molar-refractivity contribution in [3.8, 4) is 0 Å². The number of aromatic nitrogens is 2. The first-order chi connectivity index (χ1) is 8.92. The Morgan fingerprint density at radius 1 is 1.53 bits per heavy atom. The normalized spacial score (nSPS) is 24.5. The molecule has 1 aromatic heterocycles. The van der Waals surface area contributed by atoms with E-state index in [-0.39, 0.29) is 23.3 Å². The van der Waals surface area contributed by atoms with Gasteiger partial charge in [-0.3, -0.25) is 0 Å². The Bertz CT molecular complexity index is 521. The van der Waals surface area contributed by atoms with E-state index < -0.39 is 16.1 Å². The molecule has 4 N–H and O–H groups in total. The van der Waals surface area contributed by atoms with E-state index in [1.165, 1.54) is 10.9 Å². The molecule has 1 aromatic rings. The van der Waals surface area contributed by atoms with Crippen molar-refractivity contribution in [1.29, 1.82) is 0 Å². The first-order valence-electron chi connectivity index (χ1n) is 6.36. The number of nitrogen functional groups attached to an aromatic ring is 1. The third-order valence-corrected chi connectivity index (χ3v) is 5.12. The van der Waals surface area contributed by atoms with Gasteiger partial charge in [-0.15, -0.1) is 0 Å². The van der Waals surface area contributed by atoms with Crippen molar-refractivity contribution in [2.24, 2.45) is 13.0 Å². The number of anilines is 1. The lowest BCUT2D eigenvalue weighted by Crippen LogP contribution is -2.37. The minimum absolute atomic E-state index is 0.0146. The molecule has 0 aliphatic heterocycles. The van der Waals surface area contributed by atoms with E-state index in [9.17, 15) is 13.5 Å². The molecule has 8 heteroatoms. The van der Waals surface area contributed by atoms with Gasteiger partial charge in [0.2, 0.25) is 0 Å². The van der Waals surface area contributed by atoms with Crippen LogP contribution in [0, 0.1) is 5.92 Å². The number of aliphatic hydroxyl groups is 1. The Hall–Kier alpha value is -1.12. The zero-order valence-electron chi connectivity index (χ0n) is 10.9. The highest BCUT2D eigenvalue weighted by molar-refractivity contribution is 7.89. The molecule has 0 radical (unpaired) electrons. The van der Waals surface area contributed by atoms with Crippen LogP contribution in [0.4, 0.5) is 5.82 Å². The lowest BCUT2D eigenvalue weighted by atomic mass is 9.87. The maximum atomic E-state index is 12.2. The van der Waals surface area contributed by atoms with E-state index in [1.54, 1.807) is 7.05 Å². The highest BCUT2D eigenvalue weighted by Gasteiger charge is 2.27. The summed E-state index contributed by atoms with van der Waals surface area (Å²) in [5.74, 6) is -0.0443. The van der Waals surface area contributed by atoms with Gasteiger partial charge in [0.05, 0.1) is 12.4 Å². The third-order valence-electron chi connectivity index (χ3n) is 3.57. The van der Waals surface area contributed by atoms with E-state index in [0.29, 0.717) is 0 Å². The second kappa shape index (κ2) is 5.48. The predicted molar refractivity (Wildman–Crippen MR) is 70.8 cm³/mol. The Morgan fingerprint density at radius 3 is 2.79 bits per heavy atom. The molecule has 0 saturated heterocycles. The summed E-state index contributed by atoms with van der Waals surface area (Å²) < 4.78 is 28.2. The van der Waals surface area contributed by atoms with E-state index in [1.807, 2.05) is 0 Å². The van der Waals surface area contributed by atoms with Gasteiger partial charge in [0.25, 0.3) is 10.0 Å². The summed E-state index contributed by atoms with van der Waals surface area (Å²) in [5, 5.41) is 9.80. The van der Waals surface area contributed by atoms with Crippen molar-refractivity contribution >= 4 is 15.8 Å². The molecule has 0 amide bonds. The largest absolute Gasteiger partial charge is 0.393 e. The van der Waals surface area contributed by atoms with E-state index in [4.69, 9.17) is 5.73 Å². The fraction of sp³-hybridized carbons (Fsp3) is 0.727. The average Bonchev–Trinajstić information content (AvgIpc) is 2.69. The number of hydrogen-bond acceptors (Lipinski definition) is 5. The number of aliphatic hydroxyl groups excluding tert-OH is 1. The molecule has 7 nitrogen and oxygen atoms in total. The number of nitrogens with two attached hydrogens (primary N) is 1. The smallest absolute Gasteiger partial charge is 0.260 e. The monoisotopic (exact) mass is 288 g/mol. The van der Waals surface area contributed by atoms with Gasteiger partial charge in [0, 0.05) is 13.6 Å². The summed E-state index contributed by atoms with van der Waals surface area (Å²) in [4.78, 5) is 3.76. The number of imidazole rings is 1. The summed E-state index contributed by atoms with van der Waals surface area (Å²) in [7, 11) is -2.11. The minimum Gasteiger partial charge on any atom is -0.393 e. The van der Waals surface area contributed by atoms with Crippen molar-refractivity contribution in [2.45, 2.75) is 36.8 Å². The SMILES string of the molecule is Cn1cnc(N)c1S(=O)(=O)NCC1CCCCC1O. The number of nitrogens with zero attached hydrogens (tertiary/aromatic N) is 2. The van der Waals surface area contributed by atoms with Gasteiger partial charge < -0.3 is 15.4 Å². The molecule has 1 heterocycles. The standard InChI is InChI=1S/C11H20N4O3S/c1-15-7-13-10(12)11(15)19(17,18)14-6-8-4-2-3-5-9(8)16/h7-9,14,16H,2-6,12H2,1H3. The summed E-state index contributed by atoms with van der Waals surface area (Å²) in [6.45, 7) is 0.230. The molecule has 0 aromatic carbocycles. The number of sulfonamides is 1. The van der Waals surface area contributed by atoms with Crippen LogP contribution in [0.5, 0.6) is 0 Å². The first kappa shape index (κ1) is 14.3. The Balaban J connectivity index is 2.06. The highest BCUT2D eigenvalue weighted by Crippen LogP contribution is 2.24. The predicted octanol–water partition coefficient (Wildman–Crippen LogP) is -0.168. The second-order valence-electron chi connectivity index (χ2n) is 5.01.